The summed E-state index contributed by atoms with van der Waals surface area (Å²) in [5.74, 6) is 0. The van der Waals surface area contributed by atoms with Crippen LogP contribution in [-0.2, 0) is 0 Å². The van der Waals surface area contributed by atoms with E-state index in [1.54, 1.807) is 0 Å². The number of hydrogen-bond donors (Lipinski definition) is 0. The standard InChI is InChI=1S/C2H5F.C2H6/c1-2-3;1-2/h2H2,1H3;1-2H3. The van der Waals surface area contributed by atoms with Gasteiger partial charge in [-0.3, -0.25) is 4.39 Å². The molecule has 0 fully saturated rings. The van der Waals surface area contributed by atoms with E-state index >= 15 is 0 Å². The molecule has 0 N–H and O–H groups in total. The lowest BCUT2D eigenvalue weighted by molar-refractivity contribution is 0.527. The third kappa shape index (κ3) is 2990. The highest BCUT2D eigenvalue weighted by Crippen LogP contribution is 1.48. The summed E-state index contributed by atoms with van der Waals surface area (Å²) in [7, 11) is 0. The van der Waals surface area contributed by atoms with E-state index in [4.69, 9.17) is 0 Å². The summed E-state index contributed by atoms with van der Waals surface area (Å²) in [6, 6.07) is 0. The van der Waals surface area contributed by atoms with Crippen molar-refractivity contribution < 1.29 is 4.39 Å². The molecule has 0 nitrogen and oxygen atoms in total. The quantitative estimate of drug-likeness (QED) is 0.415. The fraction of sp³-hybridized carbons (Fsp3) is 1.00. The molecule has 1 heteroatoms. The number of rotatable bonds is 0. The van der Waals surface area contributed by atoms with Gasteiger partial charge in [-0.15, -0.1) is 0 Å². The Morgan fingerprint density at radius 2 is 1.40 bits per heavy atom. The van der Waals surface area contributed by atoms with Crippen LogP contribution in [0.4, 0.5) is 4.39 Å². The Morgan fingerprint density at radius 3 is 1.40 bits per heavy atom. The zero-order chi connectivity index (χ0) is 4.71. The van der Waals surface area contributed by atoms with Gasteiger partial charge in [-0.1, -0.05) is 13.8 Å². The van der Waals surface area contributed by atoms with E-state index in [-0.39, 0.29) is 6.67 Å². The molecule has 0 aliphatic heterocycles. The second-order valence-electron chi connectivity index (χ2n) is 0.267. The minimum Gasteiger partial charge on any atom is -0.251 e. The van der Waals surface area contributed by atoms with Gasteiger partial charge in [0.15, 0.2) is 0 Å². The minimum absolute atomic E-state index is 0.250. The second-order valence-corrected chi connectivity index (χ2v) is 0.267. The normalized spacial score (nSPS) is 4.80. The van der Waals surface area contributed by atoms with Crippen molar-refractivity contribution in [2.75, 3.05) is 6.67 Å². The van der Waals surface area contributed by atoms with Crippen LogP contribution in [0, 0.1) is 0 Å². The lowest BCUT2D eigenvalue weighted by Gasteiger charge is -1.45. The molecule has 0 aromatic carbocycles. The average Bonchev–Trinajstić information content (AvgIpc) is 1.46. The van der Waals surface area contributed by atoms with Crippen LogP contribution in [0.25, 0.3) is 0 Å². The van der Waals surface area contributed by atoms with Gasteiger partial charge in [0.25, 0.3) is 0 Å². The monoisotopic (exact) mass is 78.1 g/mol. The molecule has 0 heterocycles. The molecule has 0 aliphatic carbocycles. The van der Waals surface area contributed by atoms with Gasteiger partial charge in [0, 0.05) is 0 Å². The van der Waals surface area contributed by atoms with Crippen molar-refractivity contribution >= 4 is 0 Å². The van der Waals surface area contributed by atoms with Gasteiger partial charge in [0.2, 0.25) is 0 Å². The fourth-order valence-electron chi connectivity index (χ4n) is 0. The zero-order valence-corrected chi connectivity index (χ0v) is 4.09. The van der Waals surface area contributed by atoms with Crippen LogP contribution in [0.3, 0.4) is 0 Å². The van der Waals surface area contributed by atoms with Gasteiger partial charge in [-0.05, 0) is 6.92 Å². The van der Waals surface area contributed by atoms with Crippen LogP contribution in [0.1, 0.15) is 20.8 Å². The van der Waals surface area contributed by atoms with E-state index in [0.29, 0.717) is 0 Å². The first-order valence-corrected chi connectivity index (χ1v) is 1.97. The molecule has 0 rings (SSSR count). The maximum Gasteiger partial charge on any atom is 0.0866 e. The van der Waals surface area contributed by atoms with Gasteiger partial charge in [-0.25, -0.2) is 0 Å². The van der Waals surface area contributed by atoms with E-state index in [2.05, 4.69) is 0 Å². The van der Waals surface area contributed by atoms with Gasteiger partial charge in [0.05, 0.1) is 6.67 Å². The molecule has 0 bridgehead atoms. The van der Waals surface area contributed by atoms with E-state index < -0.39 is 0 Å². The first-order valence-electron chi connectivity index (χ1n) is 1.97. The molecule has 0 unspecified atom stereocenters. The van der Waals surface area contributed by atoms with Crippen LogP contribution in [0.15, 0.2) is 0 Å². The second kappa shape index (κ2) is 39.0. The largest absolute Gasteiger partial charge is 0.251 e. The lowest BCUT2D eigenvalue weighted by atomic mass is 10.9. The van der Waals surface area contributed by atoms with Crippen LogP contribution < -0.4 is 0 Å². The zero-order valence-electron chi connectivity index (χ0n) is 4.09. The molecule has 0 spiro atoms. The summed E-state index contributed by atoms with van der Waals surface area (Å²) in [5.41, 5.74) is 0. The highest BCUT2D eigenvalue weighted by molar-refractivity contribution is 3.86. The molecule has 0 aromatic rings. The van der Waals surface area contributed by atoms with Crippen molar-refractivity contribution in [2.24, 2.45) is 0 Å². The fourth-order valence-corrected chi connectivity index (χ4v) is 0. The van der Waals surface area contributed by atoms with Crippen molar-refractivity contribution in [3.63, 3.8) is 0 Å². The third-order valence-electron chi connectivity index (χ3n) is 0. The molecule has 5 heavy (non-hydrogen) atoms. The summed E-state index contributed by atoms with van der Waals surface area (Å²) in [6.45, 7) is 5.21. The van der Waals surface area contributed by atoms with Gasteiger partial charge in [0.1, 0.15) is 0 Å². The predicted octanol–water partition coefficient (Wildman–Crippen LogP) is 2.00. The highest BCUT2D eigenvalue weighted by Gasteiger charge is 1.39. The summed E-state index contributed by atoms with van der Waals surface area (Å²) in [6.07, 6.45) is 0. The number of hydrogen-bond acceptors (Lipinski definition) is 0. The smallest absolute Gasteiger partial charge is 0.0866 e. The Hall–Kier alpha value is -0.0700. The molecular weight excluding hydrogens is 67.0 g/mol. The van der Waals surface area contributed by atoms with E-state index in [1.165, 1.54) is 6.92 Å². The maximum absolute atomic E-state index is 10.3. The van der Waals surface area contributed by atoms with Gasteiger partial charge in [-0.2, -0.15) is 0 Å². The van der Waals surface area contributed by atoms with Crippen molar-refractivity contribution in [3.05, 3.63) is 0 Å². The van der Waals surface area contributed by atoms with Crippen molar-refractivity contribution in [1.29, 1.82) is 0 Å². The van der Waals surface area contributed by atoms with Crippen LogP contribution in [0.5, 0.6) is 0 Å². The van der Waals surface area contributed by atoms with Gasteiger partial charge >= 0.3 is 0 Å². The molecule has 34 valence electrons. The summed E-state index contributed by atoms with van der Waals surface area (Å²) in [5, 5.41) is 0. The Morgan fingerprint density at radius 1 is 1.40 bits per heavy atom. The van der Waals surface area contributed by atoms with Crippen LogP contribution in [-0.4, -0.2) is 6.67 Å². The maximum atomic E-state index is 10.3. The Kier molecular flexibility index (Phi) is 69.2. The lowest BCUT2D eigenvalue weighted by Crippen LogP contribution is -1.40. The molecule has 0 saturated carbocycles. The molecule has 0 saturated heterocycles. The molecule has 0 radical (unpaired) electrons. The molecule has 0 aliphatic rings. The van der Waals surface area contributed by atoms with Crippen molar-refractivity contribution in [2.45, 2.75) is 20.8 Å². The first-order chi connectivity index (χ1) is 2.41. The topological polar surface area (TPSA) is 0 Å². The number of alkyl halides is 1. The van der Waals surface area contributed by atoms with Crippen LogP contribution in [0.2, 0.25) is 0 Å². The third-order valence-corrected chi connectivity index (χ3v) is 0. The van der Waals surface area contributed by atoms with E-state index in [1.807, 2.05) is 13.8 Å². The summed E-state index contributed by atoms with van der Waals surface area (Å²) < 4.78 is 10.3. The minimum atomic E-state index is -0.250. The number of halogens is 1. The first kappa shape index (κ1) is 8.87. The summed E-state index contributed by atoms with van der Waals surface area (Å²) >= 11 is 0. The molecule has 0 atom stereocenters. The van der Waals surface area contributed by atoms with Crippen molar-refractivity contribution in [1.82, 2.24) is 0 Å². The Balaban J connectivity index is 0. The molecular formula is C4H11F. The predicted molar refractivity (Wildman–Crippen MR) is 23.0 cm³/mol. The average molecular weight is 78.1 g/mol. The van der Waals surface area contributed by atoms with E-state index in [9.17, 15) is 4.39 Å². The molecule has 0 aromatic heterocycles. The molecule has 0 amide bonds. The van der Waals surface area contributed by atoms with Gasteiger partial charge < -0.3 is 0 Å². The summed E-state index contributed by atoms with van der Waals surface area (Å²) in [4.78, 5) is 0. The Bertz CT molecular complexity index is 3.61. The highest BCUT2D eigenvalue weighted by atomic mass is 19.1. The van der Waals surface area contributed by atoms with E-state index in [0.717, 1.165) is 0 Å². The Labute approximate surface area is 33.0 Å². The van der Waals surface area contributed by atoms with Crippen LogP contribution >= 0.6 is 0 Å². The van der Waals surface area contributed by atoms with Crippen molar-refractivity contribution in [3.8, 4) is 0 Å². The SMILES string of the molecule is CC.CCF.